The van der Waals surface area contributed by atoms with Crippen LogP contribution in [-0.4, -0.2) is 28.5 Å². The van der Waals surface area contributed by atoms with Gasteiger partial charge in [0.15, 0.2) is 0 Å². The normalized spacial score (nSPS) is 23.6. The standard InChI is InChI=1S/C10H17NO3/c1-7-5-6-8(12)11(7)9(13)14-10(2,3)4/h7H,5-6H2,1-4H3/t7-/m1/s1/i1T. The quantitative estimate of drug-likeness (QED) is 0.601. The number of amides is 2. The molecular formula is C10H17NO3. The van der Waals surface area contributed by atoms with Crippen molar-refractivity contribution in [3.63, 3.8) is 0 Å². The summed E-state index contributed by atoms with van der Waals surface area (Å²) in [6.07, 6.45) is 0.284. The van der Waals surface area contributed by atoms with Crippen molar-refractivity contribution >= 4 is 12.0 Å². The van der Waals surface area contributed by atoms with E-state index in [-0.39, 0.29) is 18.8 Å². The van der Waals surface area contributed by atoms with Crippen LogP contribution in [0.2, 0.25) is 0 Å². The van der Waals surface area contributed by atoms with Crippen molar-refractivity contribution in [2.75, 3.05) is 0 Å². The maximum absolute atomic E-state index is 11.6. The molecule has 1 atom stereocenters. The van der Waals surface area contributed by atoms with E-state index in [9.17, 15) is 9.59 Å². The molecule has 0 bridgehead atoms. The molecule has 2 amide bonds. The number of hydrogen-bond acceptors (Lipinski definition) is 3. The van der Waals surface area contributed by atoms with Gasteiger partial charge >= 0.3 is 6.09 Å². The van der Waals surface area contributed by atoms with Crippen molar-refractivity contribution in [2.24, 2.45) is 0 Å². The van der Waals surface area contributed by atoms with E-state index in [1.165, 1.54) is 0 Å². The van der Waals surface area contributed by atoms with E-state index in [1.54, 1.807) is 20.8 Å². The van der Waals surface area contributed by atoms with E-state index in [0.29, 0.717) is 12.8 Å². The van der Waals surface area contributed by atoms with Crippen LogP contribution in [0.4, 0.5) is 4.79 Å². The van der Waals surface area contributed by atoms with E-state index >= 15 is 0 Å². The number of ether oxygens (including phenoxy) is 1. The number of imide groups is 1. The van der Waals surface area contributed by atoms with Crippen LogP contribution in [0.5, 0.6) is 0 Å². The smallest absolute Gasteiger partial charge is 0.417 e. The fraction of sp³-hybridized carbons (Fsp3) is 0.800. The highest BCUT2D eigenvalue weighted by Crippen LogP contribution is 2.21. The Bertz CT molecular complexity index is 272. The SMILES string of the molecule is [3H]C[C@@H]1CCC(=O)N1C(=O)OC(C)(C)C. The Hall–Kier alpha value is -1.06. The number of rotatable bonds is 0. The summed E-state index contributed by atoms with van der Waals surface area (Å²) < 4.78 is 12.3. The first-order chi connectivity index (χ1) is 6.85. The van der Waals surface area contributed by atoms with Crippen LogP contribution in [-0.2, 0) is 9.53 Å². The molecular weight excluding hydrogens is 182 g/mol. The van der Waals surface area contributed by atoms with E-state index in [4.69, 9.17) is 6.11 Å². The number of carbonyl (C=O) groups is 2. The van der Waals surface area contributed by atoms with E-state index in [1.807, 2.05) is 0 Å². The third kappa shape index (κ3) is 2.47. The molecule has 0 aromatic carbocycles. The molecule has 1 aliphatic rings. The first kappa shape index (κ1) is 9.49. The Morgan fingerprint density at radius 1 is 1.64 bits per heavy atom. The number of likely N-dealkylation sites (tertiary alicyclic amines) is 1. The van der Waals surface area contributed by atoms with E-state index < -0.39 is 11.7 Å². The summed E-state index contributed by atoms with van der Waals surface area (Å²) in [5, 5.41) is 0. The van der Waals surface area contributed by atoms with Crippen molar-refractivity contribution in [3.05, 3.63) is 0 Å². The molecule has 0 aromatic heterocycles. The number of hydrogen-bond donors (Lipinski definition) is 0. The minimum absolute atomic E-state index is 0.0466. The average Bonchev–Trinajstić information content (AvgIpc) is 2.43. The summed E-state index contributed by atoms with van der Waals surface area (Å²) in [6.45, 7) is 5.30. The third-order valence-electron chi connectivity index (χ3n) is 1.92. The van der Waals surface area contributed by atoms with Crippen LogP contribution in [0.1, 0.15) is 41.9 Å². The van der Waals surface area contributed by atoms with Gasteiger partial charge in [-0.25, -0.2) is 9.69 Å². The molecule has 0 aromatic rings. The molecule has 1 heterocycles. The summed E-state index contributed by atoms with van der Waals surface area (Å²) in [7, 11) is 0. The highest BCUT2D eigenvalue weighted by molar-refractivity contribution is 5.94. The Morgan fingerprint density at radius 3 is 2.79 bits per heavy atom. The second kappa shape index (κ2) is 3.59. The van der Waals surface area contributed by atoms with Crippen LogP contribution >= 0.6 is 0 Å². The van der Waals surface area contributed by atoms with E-state index in [0.717, 1.165) is 4.90 Å². The van der Waals surface area contributed by atoms with Gasteiger partial charge in [0.05, 0.1) is 0 Å². The predicted molar refractivity (Wildman–Crippen MR) is 51.8 cm³/mol. The van der Waals surface area contributed by atoms with Crippen molar-refractivity contribution in [1.29, 1.82) is 0 Å². The molecule has 80 valence electrons. The van der Waals surface area contributed by atoms with Crippen molar-refractivity contribution in [2.45, 2.75) is 52.2 Å². The van der Waals surface area contributed by atoms with Crippen molar-refractivity contribution in [3.8, 4) is 0 Å². The molecule has 4 nitrogen and oxygen atoms in total. The Labute approximate surface area is 85.6 Å². The fourth-order valence-electron chi connectivity index (χ4n) is 1.31. The molecule has 0 saturated carbocycles. The Morgan fingerprint density at radius 2 is 2.29 bits per heavy atom. The van der Waals surface area contributed by atoms with Gasteiger partial charge in [-0.15, -0.1) is 0 Å². The van der Waals surface area contributed by atoms with Crippen LogP contribution in [0.25, 0.3) is 0 Å². The summed E-state index contributed by atoms with van der Waals surface area (Å²) in [6, 6.07) is -0.313. The molecule has 1 rings (SSSR count). The zero-order valence-corrected chi connectivity index (χ0v) is 8.87. The molecule has 14 heavy (non-hydrogen) atoms. The molecule has 0 N–H and O–H groups in total. The van der Waals surface area contributed by atoms with Gasteiger partial charge < -0.3 is 4.74 Å². The lowest BCUT2D eigenvalue weighted by molar-refractivity contribution is -0.127. The summed E-state index contributed by atoms with van der Waals surface area (Å²) in [4.78, 5) is 24.1. The number of carbonyl (C=O) groups excluding carboxylic acids is 2. The van der Waals surface area contributed by atoms with Gasteiger partial charge in [-0.2, -0.15) is 0 Å². The first-order valence-electron chi connectivity index (χ1n) is 5.40. The fourth-order valence-corrected chi connectivity index (χ4v) is 1.31. The lowest BCUT2D eigenvalue weighted by Crippen LogP contribution is -2.41. The third-order valence-corrected chi connectivity index (χ3v) is 1.92. The Balaban J connectivity index is 2.69. The number of nitrogens with zero attached hydrogens (tertiary/aromatic N) is 1. The zero-order valence-electron chi connectivity index (χ0n) is 9.87. The van der Waals surface area contributed by atoms with E-state index in [2.05, 4.69) is 0 Å². The Kier molecular flexibility index (Phi) is 2.44. The molecule has 0 aliphatic carbocycles. The highest BCUT2D eigenvalue weighted by atomic mass is 16.6. The van der Waals surface area contributed by atoms with Crippen molar-refractivity contribution < 1.29 is 15.7 Å². The van der Waals surface area contributed by atoms with Crippen LogP contribution in [0, 0.1) is 0 Å². The van der Waals surface area contributed by atoms with Gasteiger partial charge in [0.1, 0.15) is 5.60 Å². The predicted octanol–water partition coefficient (Wildman–Crippen LogP) is 1.93. The minimum atomic E-state index is -0.623. The molecule has 0 spiro atoms. The molecule has 0 radical (unpaired) electrons. The minimum Gasteiger partial charge on any atom is -0.443 e. The summed E-state index contributed by atoms with van der Waals surface area (Å²) in [5.74, 6) is -0.235. The summed E-state index contributed by atoms with van der Waals surface area (Å²) in [5.41, 5.74) is -0.605. The monoisotopic (exact) mass is 201 g/mol. The zero-order chi connectivity index (χ0) is 11.6. The molecule has 1 fully saturated rings. The second-order valence-electron chi connectivity index (χ2n) is 4.44. The highest BCUT2D eigenvalue weighted by Gasteiger charge is 2.35. The topological polar surface area (TPSA) is 46.6 Å². The van der Waals surface area contributed by atoms with Crippen LogP contribution in [0.15, 0.2) is 0 Å². The van der Waals surface area contributed by atoms with Gasteiger partial charge in [-0.05, 0) is 34.1 Å². The lowest BCUT2D eigenvalue weighted by atomic mass is 10.2. The average molecular weight is 201 g/mol. The first-order valence-corrected chi connectivity index (χ1v) is 4.69. The van der Waals surface area contributed by atoms with Crippen molar-refractivity contribution in [1.82, 2.24) is 4.90 Å². The van der Waals surface area contributed by atoms with Gasteiger partial charge in [0.25, 0.3) is 0 Å². The van der Waals surface area contributed by atoms with Crippen LogP contribution < -0.4 is 0 Å². The van der Waals surface area contributed by atoms with Gasteiger partial charge in [0.2, 0.25) is 5.91 Å². The molecule has 1 aliphatic heterocycles. The van der Waals surface area contributed by atoms with Gasteiger partial charge in [-0.1, -0.05) is 0 Å². The summed E-state index contributed by atoms with van der Waals surface area (Å²) >= 11 is 0. The largest absolute Gasteiger partial charge is 0.443 e. The lowest BCUT2D eigenvalue weighted by Gasteiger charge is -2.25. The maximum atomic E-state index is 11.6. The molecule has 0 unspecified atom stereocenters. The van der Waals surface area contributed by atoms with Gasteiger partial charge in [-0.3, -0.25) is 4.79 Å². The molecule has 1 saturated heterocycles. The second-order valence-corrected chi connectivity index (χ2v) is 4.44. The van der Waals surface area contributed by atoms with Gasteiger partial charge in [0, 0.05) is 13.8 Å². The molecule has 4 heteroatoms. The van der Waals surface area contributed by atoms with Crippen LogP contribution in [0.3, 0.4) is 0 Å². The maximum Gasteiger partial charge on any atom is 0.417 e.